The molecule has 0 aliphatic rings. The van der Waals surface area contributed by atoms with Crippen LogP contribution in [-0.4, -0.2) is 9.97 Å². The zero-order valence-electron chi connectivity index (χ0n) is 16.1. The van der Waals surface area contributed by atoms with E-state index in [1.54, 1.807) is 0 Å². The van der Waals surface area contributed by atoms with Gasteiger partial charge in [-0.2, -0.15) is 0 Å². The van der Waals surface area contributed by atoms with Gasteiger partial charge in [0, 0.05) is 24.3 Å². The Morgan fingerprint density at radius 1 is 0.708 bits per heavy atom. The predicted molar refractivity (Wildman–Crippen MR) is 103 cm³/mol. The molecule has 24 heavy (non-hydrogen) atoms. The topological polar surface area (TPSA) is 25.8 Å². The minimum atomic E-state index is 0.495. The number of aromatic nitrogens is 2. The minimum absolute atomic E-state index is 0.495. The minimum Gasteiger partial charge on any atom is -0.264 e. The lowest BCUT2D eigenvalue weighted by Gasteiger charge is -2.17. The Bertz CT molecular complexity index is 629. The first-order valence-electron chi connectivity index (χ1n) is 9.29. The smallest absolute Gasteiger partial charge is 0.0429 e. The molecule has 0 aromatic carbocycles. The lowest BCUT2D eigenvalue weighted by molar-refractivity contribution is 0.570. The molecule has 2 unspecified atom stereocenters. The zero-order valence-corrected chi connectivity index (χ0v) is 16.1. The summed E-state index contributed by atoms with van der Waals surface area (Å²) < 4.78 is 0. The van der Waals surface area contributed by atoms with Crippen molar-refractivity contribution in [2.45, 2.75) is 78.1 Å². The van der Waals surface area contributed by atoms with Crippen molar-refractivity contribution in [3.63, 3.8) is 0 Å². The fraction of sp³-hybridized carbons (Fsp3) is 0.545. The van der Waals surface area contributed by atoms with Gasteiger partial charge in [-0.25, -0.2) is 0 Å². The van der Waals surface area contributed by atoms with Crippen LogP contribution in [0.3, 0.4) is 0 Å². The number of hydrogen-bond acceptors (Lipinski definition) is 2. The van der Waals surface area contributed by atoms with Crippen LogP contribution in [0, 0.1) is 0 Å². The highest BCUT2D eigenvalue weighted by Crippen LogP contribution is 2.28. The second-order valence-corrected chi connectivity index (χ2v) is 7.76. The number of nitrogens with zero attached hydrogens (tertiary/aromatic N) is 2. The van der Waals surface area contributed by atoms with Crippen LogP contribution in [0.2, 0.25) is 0 Å². The van der Waals surface area contributed by atoms with Gasteiger partial charge in [-0.3, -0.25) is 9.97 Å². The highest BCUT2D eigenvalue weighted by atomic mass is 14.7. The lowest BCUT2D eigenvalue weighted by Crippen LogP contribution is -2.02. The zero-order chi connectivity index (χ0) is 17.7. The van der Waals surface area contributed by atoms with E-state index in [9.17, 15) is 0 Å². The largest absolute Gasteiger partial charge is 0.264 e. The lowest BCUT2D eigenvalue weighted by atomic mass is 9.89. The van der Waals surface area contributed by atoms with Crippen molar-refractivity contribution in [3.05, 3.63) is 59.2 Å². The monoisotopic (exact) mass is 324 g/mol. The molecule has 0 radical (unpaired) electrons. The first kappa shape index (κ1) is 18.6. The summed E-state index contributed by atoms with van der Waals surface area (Å²) in [6.45, 7) is 13.4. The molecule has 0 spiro atoms. The Kier molecular flexibility index (Phi) is 6.53. The normalized spacial score (nSPS) is 14.2. The second kappa shape index (κ2) is 8.41. The maximum absolute atomic E-state index is 4.61. The molecule has 0 N–H and O–H groups in total. The third kappa shape index (κ3) is 4.90. The summed E-state index contributed by atoms with van der Waals surface area (Å²) in [5, 5.41) is 0. The molecule has 130 valence electrons. The first-order valence-corrected chi connectivity index (χ1v) is 9.29. The van der Waals surface area contributed by atoms with Gasteiger partial charge in [0.15, 0.2) is 0 Å². The molecular formula is C22H32N2. The standard InChI is InChI=1S/C22H32N2/c1-15(2)20-11-21(13-23-12-20)18(6)8-7-17(5)19-9-10-22(16(3)4)24-14-19/h9-18H,7-8H2,1-6H3. The average Bonchev–Trinajstić information content (AvgIpc) is 2.59. The van der Waals surface area contributed by atoms with E-state index >= 15 is 0 Å². The summed E-state index contributed by atoms with van der Waals surface area (Å²) in [6, 6.07) is 6.75. The summed E-state index contributed by atoms with van der Waals surface area (Å²) in [5.74, 6) is 2.12. The Morgan fingerprint density at radius 2 is 1.33 bits per heavy atom. The summed E-state index contributed by atoms with van der Waals surface area (Å²) in [5.41, 5.74) is 5.22. The van der Waals surface area contributed by atoms with Gasteiger partial charge in [-0.15, -0.1) is 0 Å². The molecule has 2 aromatic heterocycles. The predicted octanol–water partition coefficient (Wildman–Crippen LogP) is 6.41. The molecule has 0 aliphatic carbocycles. The van der Waals surface area contributed by atoms with Gasteiger partial charge in [0.05, 0.1) is 0 Å². The van der Waals surface area contributed by atoms with Crippen molar-refractivity contribution in [1.82, 2.24) is 9.97 Å². The van der Waals surface area contributed by atoms with E-state index in [1.165, 1.54) is 35.2 Å². The van der Waals surface area contributed by atoms with Gasteiger partial charge in [0.25, 0.3) is 0 Å². The van der Waals surface area contributed by atoms with Gasteiger partial charge in [-0.05, 0) is 59.3 Å². The van der Waals surface area contributed by atoms with E-state index in [2.05, 4.69) is 75.9 Å². The van der Waals surface area contributed by atoms with E-state index in [-0.39, 0.29) is 0 Å². The van der Waals surface area contributed by atoms with Crippen LogP contribution < -0.4 is 0 Å². The number of hydrogen-bond donors (Lipinski definition) is 0. The van der Waals surface area contributed by atoms with E-state index < -0.39 is 0 Å². The molecule has 0 bridgehead atoms. The molecule has 2 aromatic rings. The molecule has 2 atom stereocenters. The highest BCUT2D eigenvalue weighted by Gasteiger charge is 2.12. The molecule has 2 rings (SSSR count). The van der Waals surface area contributed by atoms with E-state index in [0.29, 0.717) is 23.7 Å². The molecule has 0 amide bonds. The SMILES string of the molecule is CC(C)c1cncc(C(C)CCC(C)c2ccc(C(C)C)nc2)c1. The molecular weight excluding hydrogens is 292 g/mol. The van der Waals surface area contributed by atoms with Gasteiger partial charge < -0.3 is 0 Å². The maximum Gasteiger partial charge on any atom is 0.0429 e. The summed E-state index contributed by atoms with van der Waals surface area (Å²) in [4.78, 5) is 9.03. The fourth-order valence-electron chi connectivity index (χ4n) is 2.94. The van der Waals surface area contributed by atoms with Gasteiger partial charge in [-0.1, -0.05) is 53.7 Å². The van der Waals surface area contributed by atoms with Crippen molar-refractivity contribution >= 4 is 0 Å². The van der Waals surface area contributed by atoms with Crippen LogP contribution in [0.5, 0.6) is 0 Å². The van der Waals surface area contributed by atoms with Crippen molar-refractivity contribution in [3.8, 4) is 0 Å². The van der Waals surface area contributed by atoms with Crippen LogP contribution in [0.15, 0.2) is 36.8 Å². The molecule has 2 heterocycles. The van der Waals surface area contributed by atoms with Gasteiger partial charge >= 0.3 is 0 Å². The molecule has 2 nitrogen and oxygen atoms in total. The summed E-state index contributed by atoms with van der Waals surface area (Å²) in [6.07, 6.45) is 8.43. The third-order valence-electron chi connectivity index (χ3n) is 5.02. The van der Waals surface area contributed by atoms with Crippen molar-refractivity contribution in [2.24, 2.45) is 0 Å². The van der Waals surface area contributed by atoms with Crippen LogP contribution in [0.25, 0.3) is 0 Å². The molecule has 2 heteroatoms. The van der Waals surface area contributed by atoms with Gasteiger partial charge in [0.2, 0.25) is 0 Å². The Balaban J connectivity index is 1.95. The van der Waals surface area contributed by atoms with Crippen molar-refractivity contribution < 1.29 is 0 Å². The quantitative estimate of drug-likeness (QED) is 0.588. The van der Waals surface area contributed by atoms with E-state index in [4.69, 9.17) is 0 Å². The maximum atomic E-state index is 4.61. The summed E-state index contributed by atoms with van der Waals surface area (Å²) >= 11 is 0. The average molecular weight is 325 g/mol. The van der Waals surface area contributed by atoms with E-state index in [1.807, 2.05) is 12.4 Å². The Hall–Kier alpha value is -1.70. The fourth-order valence-corrected chi connectivity index (χ4v) is 2.94. The molecule has 0 saturated carbocycles. The number of pyridine rings is 2. The molecule has 0 fully saturated rings. The summed E-state index contributed by atoms with van der Waals surface area (Å²) in [7, 11) is 0. The van der Waals surface area contributed by atoms with Crippen molar-refractivity contribution in [2.75, 3.05) is 0 Å². The van der Waals surface area contributed by atoms with Crippen LogP contribution in [0.1, 0.15) is 100 Å². The second-order valence-electron chi connectivity index (χ2n) is 7.76. The third-order valence-corrected chi connectivity index (χ3v) is 5.02. The Morgan fingerprint density at radius 3 is 1.88 bits per heavy atom. The molecule has 0 aliphatic heterocycles. The highest BCUT2D eigenvalue weighted by molar-refractivity contribution is 5.24. The van der Waals surface area contributed by atoms with Crippen LogP contribution in [0.4, 0.5) is 0 Å². The van der Waals surface area contributed by atoms with Crippen LogP contribution in [-0.2, 0) is 0 Å². The number of rotatable bonds is 7. The van der Waals surface area contributed by atoms with Crippen LogP contribution >= 0.6 is 0 Å². The van der Waals surface area contributed by atoms with Gasteiger partial charge in [0.1, 0.15) is 0 Å². The Labute approximate surface area is 147 Å². The van der Waals surface area contributed by atoms with Crippen molar-refractivity contribution in [1.29, 1.82) is 0 Å². The molecule has 0 saturated heterocycles. The first-order chi connectivity index (χ1) is 11.4. The van der Waals surface area contributed by atoms with E-state index in [0.717, 1.165) is 0 Å².